The first-order chi connectivity index (χ1) is 7.60. The molecule has 1 aromatic rings. The molecule has 0 amide bonds. The van der Waals surface area contributed by atoms with Crippen molar-refractivity contribution in [2.75, 3.05) is 19.9 Å². The van der Waals surface area contributed by atoms with Gasteiger partial charge in [-0.1, -0.05) is 26.0 Å². The molecule has 0 spiro atoms. The molecule has 3 nitrogen and oxygen atoms in total. The SMILES string of the molecule is CCOc1ccc(C(C)(C)CNCO)cc1. The highest BCUT2D eigenvalue weighted by Gasteiger charge is 2.19. The van der Waals surface area contributed by atoms with E-state index >= 15 is 0 Å². The lowest BCUT2D eigenvalue weighted by Crippen LogP contribution is -2.33. The molecule has 16 heavy (non-hydrogen) atoms. The molecule has 0 unspecified atom stereocenters. The van der Waals surface area contributed by atoms with Gasteiger partial charge in [-0.3, -0.25) is 5.32 Å². The second-order valence-corrected chi connectivity index (χ2v) is 4.43. The smallest absolute Gasteiger partial charge is 0.119 e. The number of aliphatic hydroxyl groups excluding tert-OH is 1. The van der Waals surface area contributed by atoms with Crippen molar-refractivity contribution in [2.45, 2.75) is 26.2 Å². The Balaban J connectivity index is 2.71. The zero-order valence-corrected chi connectivity index (χ0v) is 10.3. The van der Waals surface area contributed by atoms with Crippen LogP contribution in [-0.2, 0) is 5.41 Å². The van der Waals surface area contributed by atoms with Crippen molar-refractivity contribution in [3.8, 4) is 5.75 Å². The number of benzene rings is 1. The molecule has 3 heteroatoms. The summed E-state index contributed by atoms with van der Waals surface area (Å²) in [6.07, 6.45) is 0. The van der Waals surface area contributed by atoms with Crippen LogP contribution in [0.3, 0.4) is 0 Å². The number of rotatable bonds is 6. The Kier molecular flexibility index (Phi) is 4.77. The molecule has 0 atom stereocenters. The van der Waals surface area contributed by atoms with Gasteiger partial charge in [0.25, 0.3) is 0 Å². The van der Waals surface area contributed by atoms with E-state index in [9.17, 15) is 0 Å². The summed E-state index contributed by atoms with van der Waals surface area (Å²) >= 11 is 0. The predicted octanol–water partition coefficient (Wildman–Crippen LogP) is 1.90. The monoisotopic (exact) mass is 223 g/mol. The largest absolute Gasteiger partial charge is 0.494 e. The lowest BCUT2D eigenvalue weighted by molar-refractivity contribution is 0.247. The molecule has 1 rings (SSSR count). The minimum absolute atomic E-state index is 0.00742. The van der Waals surface area contributed by atoms with Crippen LogP contribution in [0.15, 0.2) is 24.3 Å². The summed E-state index contributed by atoms with van der Waals surface area (Å²) in [5.74, 6) is 0.900. The summed E-state index contributed by atoms with van der Waals surface area (Å²) < 4.78 is 5.40. The lowest BCUT2D eigenvalue weighted by Gasteiger charge is -2.25. The highest BCUT2D eigenvalue weighted by atomic mass is 16.5. The molecule has 0 aromatic heterocycles. The average molecular weight is 223 g/mol. The molecule has 0 saturated carbocycles. The first kappa shape index (κ1) is 13.0. The first-order valence-electron chi connectivity index (χ1n) is 5.65. The fraction of sp³-hybridized carbons (Fsp3) is 0.538. The third kappa shape index (κ3) is 3.51. The average Bonchev–Trinajstić information content (AvgIpc) is 2.28. The Bertz CT molecular complexity index is 306. The minimum Gasteiger partial charge on any atom is -0.494 e. The summed E-state index contributed by atoms with van der Waals surface area (Å²) in [6.45, 7) is 7.71. The van der Waals surface area contributed by atoms with E-state index in [1.165, 1.54) is 5.56 Å². The minimum atomic E-state index is 0.00742. The highest BCUT2D eigenvalue weighted by molar-refractivity contribution is 5.31. The zero-order valence-electron chi connectivity index (χ0n) is 10.3. The van der Waals surface area contributed by atoms with E-state index in [2.05, 4.69) is 31.3 Å². The molecule has 90 valence electrons. The van der Waals surface area contributed by atoms with Crippen LogP contribution in [0.25, 0.3) is 0 Å². The van der Waals surface area contributed by atoms with Crippen molar-refractivity contribution in [1.82, 2.24) is 5.32 Å². The summed E-state index contributed by atoms with van der Waals surface area (Å²) in [6, 6.07) is 8.12. The Labute approximate surface area is 97.4 Å². The predicted molar refractivity (Wildman–Crippen MR) is 65.7 cm³/mol. The fourth-order valence-corrected chi connectivity index (χ4v) is 1.64. The van der Waals surface area contributed by atoms with Gasteiger partial charge >= 0.3 is 0 Å². The summed E-state index contributed by atoms with van der Waals surface area (Å²) in [7, 11) is 0. The molecule has 0 aliphatic heterocycles. The van der Waals surface area contributed by atoms with E-state index in [4.69, 9.17) is 9.84 Å². The van der Waals surface area contributed by atoms with Gasteiger partial charge < -0.3 is 9.84 Å². The summed E-state index contributed by atoms with van der Waals surface area (Å²) in [5, 5.41) is 11.7. The first-order valence-corrected chi connectivity index (χ1v) is 5.65. The maximum Gasteiger partial charge on any atom is 0.119 e. The van der Waals surface area contributed by atoms with Gasteiger partial charge in [-0.15, -0.1) is 0 Å². The molecular weight excluding hydrogens is 202 g/mol. The van der Waals surface area contributed by atoms with E-state index in [1.807, 2.05) is 19.1 Å². The molecule has 0 bridgehead atoms. The van der Waals surface area contributed by atoms with Crippen molar-refractivity contribution < 1.29 is 9.84 Å². The van der Waals surface area contributed by atoms with E-state index in [-0.39, 0.29) is 12.1 Å². The standard InChI is InChI=1S/C13H21NO2/c1-4-16-12-7-5-11(6-8-12)13(2,3)9-14-10-15/h5-8,14-15H,4,9-10H2,1-3H3. The molecular formula is C13H21NO2. The summed E-state index contributed by atoms with van der Waals surface area (Å²) in [4.78, 5) is 0. The summed E-state index contributed by atoms with van der Waals surface area (Å²) in [5.41, 5.74) is 1.24. The van der Waals surface area contributed by atoms with Crippen molar-refractivity contribution in [3.05, 3.63) is 29.8 Å². The van der Waals surface area contributed by atoms with Crippen LogP contribution in [0.5, 0.6) is 5.75 Å². The van der Waals surface area contributed by atoms with E-state index in [0.29, 0.717) is 6.61 Å². The number of nitrogens with one attached hydrogen (secondary N) is 1. The zero-order chi connectivity index (χ0) is 12.0. The third-order valence-electron chi connectivity index (χ3n) is 2.63. The van der Waals surface area contributed by atoms with Crippen LogP contribution in [0.2, 0.25) is 0 Å². The molecule has 1 aromatic carbocycles. The van der Waals surface area contributed by atoms with Gasteiger partial charge in [0.2, 0.25) is 0 Å². The van der Waals surface area contributed by atoms with Gasteiger partial charge in [-0.2, -0.15) is 0 Å². The van der Waals surface area contributed by atoms with Crippen LogP contribution in [-0.4, -0.2) is 25.0 Å². The Morgan fingerprint density at radius 1 is 1.25 bits per heavy atom. The lowest BCUT2D eigenvalue weighted by atomic mass is 9.84. The van der Waals surface area contributed by atoms with Gasteiger partial charge in [0.1, 0.15) is 5.75 Å². The van der Waals surface area contributed by atoms with Gasteiger partial charge in [0.15, 0.2) is 0 Å². The van der Waals surface area contributed by atoms with E-state index in [0.717, 1.165) is 12.3 Å². The molecule has 0 heterocycles. The van der Waals surface area contributed by atoms with Gasteiger partial charge in [0, 0.05) is 12.0 Å². The Hall–Kier alpha value is -1.06. The Morgan fingerprint density at radius 3 is 2.38 bits per heavy atom. The van der Waals surface area contributed by atoms with Crippen molar-refractivity contribution in [2.24, 2.45) is 0 Å². The molecule has 0 aliphatic rings. The van der Waals surface area contributed by atoms with Gasteiger partial charge in [-0.05, 0) is 24.6 Å². The highest BCUT2D eigenvalue weighted by Crippen LogP contribution is 2.24. The normalized spacial score (nSPS) is 11.5. The fourth-order valence-electron chi connectivity index (χ4n) is 1.64. The second-order valence-electron chi connectivity index (χ2n) is 4.43. The van der Waals surface area contributed by atoms with Crippen LogP contribution < -0.4 is 10.1 Å². The van der Waals surface area contributed by atoms with Crippen LogP contribution >= 0.6 is 0 Å². The topological polar surface area (TPSA) is 41.5 Å². The van der Waals surface area contributed by atoms with Crippen LogP contribution in [0.4, 0.5) is 0 Å². The second kappa shape index (κ2) is 5.87. The number of aliphatic hydroxyl groups is 1. The maximum atomic E-state index is 8.76. The van der Waals surface area contributed by atoms with Crippen LogP contribution in [0.1, 0.15) is 26.3 Å². The van der Waals surface area contributed by atoms with Gasteiger partial charge in [0.05, 0.1) is 13.3 Å². The quantitative estimate of drug-likeness (QED) is 0.724. The van der Waals surface area contributed by atoms with E-state index < -0.39 is 0 Å². The Morgan fingerprint density at radius 2 is 1.88 bits per heavy atom. The van der Waals surface area contributed by atoms with E-state index in [1.54, 1.807) is 0 Å². The number of hydrogen-bond acceptors (Lipinski definition) is 3. The molecule has 0 fully saturated rings. The maximum absolute atomic E-state index is 8.76. The van der Waals surface area contributed by atoms with Crippen molar-refractivity contribution >= 4 is 0 Å². The number of hydrogen-bond donors (Lipinski definition) is 2. The molecule has 0 radical (unpaired) electrons. The van der Waals surface area contributed by atoms with Crippen molar-refractivity contribution in [1.29, 1.82) is 0 Å². The number of ether oxygens (including phenoxy) is 1. The van der Waals surface area contributed by atoms with Gasteiger partial charge in [-0.25, -0.2) is 0 Å². The molecule has 2 N–H and O–H groups in total. The third-order valence-corrected chi connectivity index (χ3v) is 2.63. The van der Waals surface area contributed by atoms with Crippen molar-refractivity contribution in [3.63, 3.8) is 0 Å². The molecule has 0 aliphatic carbocycles. The molecule has 0 saturated heterocycles. The van der Waals surface area contributed by atoms with Crippen LogP contribution in [0, 0.1) is 0 Å².